The highest BCUT2D eigenvalue weighted by atomic mass is 28.4. The molecule has 3 aliphatic rings. The summed E-state index contributed by atoms with van der Waals surface area (Å²) < 4.78 is 9.16. The number of likely N-dealkylation sites (N-methyl/N-ethyl adjacent to an activating group) is 3. The summed E-state index contributed by atoms with van der Waals surface area (Å²) in [5.74, 6) is 0. The first kappa shape index (κ1) is 29.5. The van der Waals surface area contributed by atoms with Gasteiger partial charge in [0.25, 0.3) is 8.56 Å². The van der Waals surface area contributed by atoms with Crippen molar-refractivity contribution in [3.63, 3.8) is 0 Å². The van der Waals surface area contributed by atoms with E-state index in [9.17, 15) is 0 Å². The first-order chi connectivity index (χ1) is 16.9. The van der Waals surface area contributed by atoms with E-state index < -0.39 is 8.56 Å². The van der Waals surface area contributed by atoms with Crippen LogP contribution in [0.5, 0.6) is 0 Å². The fraction of sp³-hybridized carbons (Fsp3) is 0.926. The number of hydrogen-bond acceptors (Lipinski definition) is 6. The molecule has 0 aromatic carbocycles. The molecule has 0 unspecified atom stereocenters. The highest BCUT2D eigenvalue weighted by Crippen LogP contribution is 2.31. The molecule has 0 aromatic rings. The minimum absolute atomic E-state index is 0.0717. The van der Waals surface area contributed by atoms with Crippen LogP contribution in [0.4, 0.5) is 0 Å². The maximum atomic E-state index is 3.05. The van der Waals surface area contributed by atoms with Gasteiger partial charge in [0.05, 0.1) is 0 Å². The second kappa shape index (κ2) is 15.4. The zero-order chi connectivity index (χ0) is 25.1. The number of allylic oxidation sites excluding steroid dienone is 1. The van der Waals surface area contributed by atoms with Crippen LogP contribution in [0.2, 0.25) is 12.1 Å². The quantitative estimate of drug-likeness (QED) is 0.272. The van der Waals surface area contributed by atoms with Crippen LogP contribution in [-0.2, 0) is 0 Å². The lowest BCUT2D eigenvalue weighted by Crippen LogP contribution is -2.80. The molecule has 3 saturated heterocycles. The Labute approximate surface area is 221 Å². The molecule has 0 aromatic heterocycles. The van der Waals surface area contributed by atoms with Crippen molar-refractivity contribution in [3.8, 4) is 0 Å². The molecule has 0 bridgehead atoms. The molecule has 0 saturated carbocycles. The molecule has 0 amide bonds. The molecule has 3 rings (SSSR count). The molecule has 3 fully saturated rings. The van der Waals surface area contributed by atoms with Crippen molar-refractivity contribution >= 4 is 18.1 Å². The third-order valence-corrected chi connectivity index (χ3v) is 16.2. The van der Waals surface area contributed by atoms with E-state index in [1.807, 2.05) is 0 Å². The molecule has 8 heteroatoms. The molecule has 3 heterocycles. The lowest BCUT2D eigenvalue weighted by Gasteiger charge is -2.58. The first-order valence-electron chi connectivity index (χ1n) is 14.9. The smallest absolute Gasteiger partial charge is 0.289 e. The zero-order valence-electron chi connectivity index (χ0n) is 24.1. The van der Waals surface area contributed by atoms with Crippen molar-refractivity contribution < 1.29 is 0 Å². The van der Waals surface area contributed by atoms with Crippen LogP contribution < -0.4 is 0 Å². The van der Waals surface area contributed by atoms with Crippen LogP contribution in [0.15, 0.2) is 11.3 Å². The molecule has 0 radical (unpaired) electrons. The van der Waals surface area contributed by atoms with Gasteiger partial charge in [-0.25, -0.2) is 0 Å². The van der Waals surface area contributed by atoms with Gasteiger partial charge in [0.15, 0.2) is 0 Å². The second-order valence-electron chi connectivity index (χ2n) is 11.9. The van der Waals surface area contributed by atoms with Crippen LogP contribution in [0.1, 0.15) is 52.4 Å². The number of unbranched alkanes of at least 4 members (excludes halogenated alkanes) is 5. The van der Waals surface area contributed by atoms with Crippen LogP contribution >= 0.6 is 0 Å². The number of nitrogens with zero attached hydrogens (tertiary/aromatic N) is 6. The van der Waals surface area contributed by atoms with Gasteiger partial charge < -0.3 is 14.7 Å². The van der Waals surface area contributed by atoms with E-state index in [0.717, 1.165) is 0 Å². The Hall–Kier alpha value is -0.0662. The van der Waals surface area contributed by atoms with Crippen molar-refractivity contribution in [3.05, 3.63) is 11.3 Å². The van der Waals surface area contributed by atoms with Gasteiger partial charge >= 0.3 is 0 Å². The van der Waals surface area contributed by atoms with Gasteiger partial charge in [-0.3, -0.25) is 13.7 Å². The average Bonchev–Trinajstić information content (AvgIpc) is 2.85. The fourth-order valence-electron chi connectivity index (χ4n) is 6.35. The molecule has 3 aliphatic heterocycles. The summed E-state index contributed by atoms with van der Waals surface area (Å²) in [7, 11) is 5.15. The molecule has 204 valence electrons. The van der Waals surface area contributed by atoms with Crippen LogP contribution in [0.25, 0.3) is 0 Å². The van der Waals surface area contributed by atoms with E-state index in [0.29, 0.717) is 0 Å². The van der Waals surface area contributed by atoms with Crippen LogP contribution in [-0.4, -0.2) is 146 Å². The molecule has 0 aliphatic carbocycles. The summed E-state index contributed by atoms with van der Waals surface area (Å²) in [5, 5.41) is 0. The average molecular weight is 523 g/mol. The standard InChI is InChI=1S/C27H58N6Si2/c1-27(2)26-34-24-10-8-6-7-9-11-25-35(31-18-12-28(3)13-19-31,32-20-14-29(4)15-21-32)33-22-16-30(5)17-23-33/h26H,6-25,34H2,1-5H3. The zero-order valence-corrected chi connectivity index (χ0v) is 26.5. The minimum atomic E-state index is -1.86. The molecule has 0 spiro atoms. The largest absolute Gasteiger partial charge is 0.304 e. The maximum Gasteiger partial charge on any atom is 0.289 e. The predicted molar refractivity (Wildman–Crippen MR) is 158 cm³/mol. The Balaban J connectivity index is 1.60. The maximum absolute atomic E-state index is 3.05. The summed E-state index contributed by atoms with van der Waals surface area (Å²) >= 11 is 0. The molecular weight excluding hydrogens is 465 g/mol. The minimum Gasteiger partial charge on any atom is -0.304 e. The van der Waals surface area contributed by atoms with E-state index in [1.54, 1.807) is 0 Å². The Bertz CT molecular complexity index is 550. The van der Waals surface area contributed by atoms with E-state index in [4.69, 9.17) is 0 Å². The SMILES string of the molecule is CC(C)=C[SiH2]CCCCCCCC[Si](N1CCN(C)CC1)(N1CCN(C)CC1)N1CCN(C)CC1. The van der Waals surface area contributed by atoms with E-state index >= 15 is 0 Å². The summed E-state index contributed by atoms with van der Waals surface area (Å²) in [6.45, 7) is 19.6. The van der Waals surface area contributed by atoms with E-state index in [1.165, 1.54) is 135 Å². The van der Waals surface area contributed by atoms with Crippen molar-refractivity contribution in [1.82, 2.24) is 28.4 Å². The summed E-state index contributed by atoms with van der Waals surface area (Å²) in [6.07, 6.45) is 8.71. The van der Waals surface area contributed by atoms with E-state index in [-0.39, 0.29) is 9.52 Å². The lowest BCUT2D eigenvalue weighted by molar-refractivity contribution is 0.120. The van der Waals surface area contributed by atoms with Gasteiger partial charge in [0, 0.05) is 88.1 Å². The monoisotopic (exact) mass is 522 g/mol. The van der Waals surface area contributed by atoms with E-state index in [2.05, 4.69) is 69.1 Å². The summed E-state index contributed by atoms with van der Waals surface area (Å²) in [5.41, 5.74) is 4.07. The number of piperazine rings is 3. The van der Waals surface area contributed by atoms with Gasteiger partial charge in [-0.05, 0) is 41.0 Å². The van der Waals surface area contributed by atoms with Crippen molar-refractivity contribution in [2.45, 2.75) is 64.5 Å². The Kier molecular flexibility index (Phi) is 13.0. The number of hydrogen-bond donors (Lipinski definition) is 0. The van der Waals surface area contributed by atoms with Gasteiger partial charge in [0.2, 0.25) is 0 Å². The first-order valence-corrected chi connectivity index (χ1v) is 18.7. The van der Waals surface area contributed by atoms with Crippen LogP contribution in [0, 0.1) is 0 Å². The Morgan fingerprint density at radius 1 is 0.571 bits per heavy atom. The molecule has 35 heavy (non-hydrogen) atoms. The molecule has 6 nitrogen and oxygen atoms in total. The van der Waals surface area contributed by atoms with Gasteiger partial charge in [0.1, 0.15) is 0 Å². The van der Waals surface area contributed by atoms with Crippen molar-refractivity contribution in [2.24, 2.45) is 0 Å². The van der Waals surface area contributed by atoms with Gasteiger partial charge in [-0.15, -0.1) is 5.70 Å². The van der Waals surface area contributed by atoms with Crippen LogP contribution in [0.3, 0.4) is 0 Å². The molecule has 0 N–H and O–H groups in total. The highest BCUT2D eigenvalue weighted by Gasteiger charge is 2.52. The Morgan fingerprint density at radius 3 is 1.34 bits per heavy atom. The lowest BCUT2D eigenvalue weighted by atomic mass is 10.1. The normalized spacial score (nSPS) is 23.5. The summed E-state index contributed by atoms with van der Waals surface area (Å²) in [6, 6.07) is 2.97. The van der Waals surface area contributed by atoms with Gasteiger partial charge in [-0.2, -0.15) is 0 Å². The third-order valence-electron chi connectivity index (χ3n) is 8.80. The highest BCUT2D eigenvalue weighted by molar-refractivity contribution is 6.72. The van der Waals surface area contributed by atoms with Crippen molar-refractivity contribution in [1.29, 1.82) is 0 Å². The van der Waals surface area contributed by atoms with Gasteiger partial charge in [-0.1, -0.05) is 50.1 Å². The molecule has 0 atom stereocenters. The topological polar surface area (TPSA) is 19.4 Å². The van der Waals surface area contributed by atoms with Crippen molar-refractivity contribution in [2.75, 3.05) is 99.7 Å². The summed E-state index contributed by atoms with van der Waals surface area (Å²) in [4.78, 5) is 7.64. The predicted octanol–water partition coefficient (Wildman–Crippen LogP) is 2.52. The fourth-order valence-corrected chi connectivity index (χ4v) is 13.4. The third kappa shape index (κ3) is 9.02. The Morgan fingerprint density at radius 2 is 0.943 bits per heavy atom. The number of rotatable bonds is 13. The second-order valence-corrected chi connectivity index (χ2v) is 17.6. The molecular formula is C27H58N6Si2.